The van der Waals surface area contributed by atoms with Crippen LogP contribution in [0, 0.1) is 6.92 Å². The number of aliphatic hydroxyl groups excluding tert-OH is 1. The molecule has 2 aromatic rings. The van der Waals surface area contributed by atoms with E-state index in [2.05, 4.69) is 10.3 Å². The van der Waals surface area contributed by atoms with Crippen molar-refractivity contribution in [1.29, 1.82) is 0 Å². The number of ether oxygens (including phenoxy) is 1. The van der Waals surface area contributed by atoms with Crippen molar-refractivity contribution in [3.63, 3.8) is 0 Å². The van der Waals surface area contributed by atoms with Crippen molar-refractivity contribution in [2.45, 2.75) is 45.7 Å². The quantitative estimate of drug-likeness (QED) is 0.727. The molecule has 0 spiro atoms. The van der Waals surface area contributed by atoms with Gasteiger partial charge in [0.1, 0.15) is 0 Å². The summed E-state index contributed by atoms with van der Waals surface area (Å²) >= 11 is 0. The van der Waals surface area contributed by atoms with Gasteiger partial charge in [-0.05, 0) is 41.3 Å². The third kappa shape index (κ3) is 4.42. The summed E-state index contributed by atoms with van der Waals surface area (Å²) in [6.45, 7) is 2.70. The molecule has 2 N–H and O–H groups in total. The van der Waals surface area contributed by atoms with E-state index < -0.39 is 23.4 Å². The number of aryl methyl sites for hydroxylation is 1. The topological polar surface area (TPSA) is 76.4 Å². The van der Waals surface area contributed by atoms with Gasteiger partial charge in [-0.3, -0.25) is 4.79 Å². The normalized spacial score (nSPS) is 18.2. The summed E-state index contributed by atoms with van der Waals surface area (Å²) in [4.78, 5) is 16.5. The standard InChI is InChI=1S/C22H22F3N3O3/c1-12-4-15-10-31-11-16(15)7-19(12)26-22-27-21(30)14(2-3-29)9-28(22)8-13-5-17(23)20(25)18(24)6-13/h4-5,7,9,18,29H,2-3,6,8,10-11H2,1H3,(H,26,27,30). The summed E-state index contributed by atoms with van der Waals surface area (Å²) in [7, 11) is 0. The van der Waals surface area contributed by atoms with Gasteiger partial charge in [0.05, 0.1) is 13.2 Å². The molecule has 6 nitrogen and oxygen atoms in total. The number of aliphatic hydroxyl groups is 1. The van der Waals surface area contributed by atoms with Crippen LogP contribution in [0.5, 0.6) is 0 Å². The molecule has 1 aromatic heterocycles. The van der Waals surface area contributed by atoms with E-state index in [1.54, 1.807) is 4.57 Å². The molecule has 0 radical (unpaired) electrons. The van der Waals surface area contributed by atoms with Gasteiger partial charge in [0.25, 0.3) is 5.56 Å². The zero-order valence-electron chi connectivity index (χ0n) is 16.9. The van der Waals surface area contributed by atoms with Crippen molar-refractivity contribution >= 4 is 11.6 Å². The van der Waals surface area contributed by atoms with Crippen LogP contribution in [0.4, 0.5) is 24.8 Å². The Balaban J connectivity index is 1.71. The van der Waals surface area contributed by atoms with E-state index in [-0.39, 0.29) is 37.5 Å². The Morgan fingerprint density at radius 3 is 2.74 bits per heavy atom. The average molecular weight is 433 g/mol. The van der Waals surface area contributed by atoms with E-state index >= 15 is 0 Å². The smallest absolute Gasteiger partial charge is 0.277 e. The van der Waals surface area contributed by atoms with Crippen molar-refractivity contribution in [3.8, 4) is 0 Å². The minimum Gasteiger partial charge on any atom is -0.396 e. The fraction of sp³-hybridized carbons (Fsp3) is 0.364. The minimum atomic E-state index is -2.04. The monoisotopic (exact) mass is 433 g/mol. The number of alkyl halides is 1. The molecule has 0 saturated carbocycles. The molecule has 0 saturated heterocycles. The molecule has 31 heavy (non-hydrogen) atoms. The second kappa shape index (κ2) is 8.68. The van der Waals surface area contributed by atoms with Crippen LogP contribution in [-0.2, 0) is 30.9 Å². The van der Waals surface area contributed by atoms with E-state index in [4.69, 9.17) is 4.74 Å². The van der Waals surface area contributed by atoms with Crippen LogP contribution in [0.1, 0.15) is 28.7 Å². The first-order valence-electron chi connectivity index (χ1n) is 9.92. The third-order valence-corrected chi connectivity index (χ3v) is 5.40. The van der Waals surface area contributed by atoms with E-state index in [1.165, 1.54) is 6.20 Å². The van der Waals surface area contributed by atoms with Gasteiger partial charge >= 0.3 is 0 Å². The fourth-order valence-corrected chi connectivity index (χ4v) is 3.76. The lowest BCUT2D eigenvalue weighted by molar-refractivity contribution is 0.134. The lowest BCUT2D eigenvalue weighted by Crippen LogP contribution is -2.23. The van der Waals surface area contributed by atoms with Gasteiger partial charge in [-0.15, -0.1) is 0 Å². The Bertz CT molecular complexity index is 1140. The second-order valence-corrected chi connectivity index (χ2v) is 7.72. The summed E-state index contributed by atoms with van der Waals surface area (Å²) in [6.07, 6.45) is 0.224. The van der Waals surface area contributed by atoms with Gasteiger partial charge in [0, 0.05) is 43.4 Å². The number of benzene rings is 1. The highest BCUT2D eigenvalue weighted by atomic mass is 19.2. The maximum absolute atomic E-state index is 13.8. The van der Waals surface area contributed by atoms with Gasteiger partial charge in [0.2, 0.25) is 5.95 Å². The Hall–Kier alpha value is -2.91. The second-order valence-electron chi connectivity index (χ2n) is 7.72. The molecule has 2 heterocycles. The number of aromatic nitrogens is 2. The number of nitrogens with one attached hydrogen (secondary N) is 1. The van der Waals surface area contributed by atoms with Crippen LogP contribution in [0.15, 0.2) is 46.4 Å². The molecule has 164 valence electrons. The van der Waals surface area contributed by atoms with Crippen LogP contribution >= 0.6 is 0 Å². The van der Waals surface area contributed by atoms with E-state index in [9.17, 15) is 23.1 Å². The zero-order valence-corrected chi connectivity index (χ0v) is 16.9. The number of halogens is 3. The average Bonchev–Trinajstić information content (AvgIpc) is 3.17. The molecule has 1 aromatic carbocycles. The molecule has 1 unspecified atom stereocenters. The zero-order chi connectivity index (χ0) is 22.1. The summed E-state index contributed by atoms with van der Waals surface area (Å²) < 4.78 is 47.9. The number of allylic oxidation sites excluding steroid dienone is 4. The van der Waals surface area contributed by atoms with Crippen molar-refractivity contribution in [2.75, 3.05) is 11.9 Å². The fourth-order valence-electron chi connectivity index (χ4n) is 3.76. The van der Waals surface area contributed by atoms with Crippen LogP contribution < -0.4 is 10.9 Å². The Morgan fingerprint density at radius 1 is 1.29 bits per heavy atom. The van der Waals surface area contributed by atoms with E-state index in [1.807, 2.05) is 19.1 Å². The molecule has 1 aliphatic heterocycles. The van der Waals surface area contributed by atoms with Crippen LogP contribution in [0.2, 0.25) is 0 Å². The summed E-state index contributed by atoms with van der Waals surface area (Å²) in [5, 5.41) is 12.4. The van der Waals surface area contributed by atoms with E-state index in [0.717, 1.165) is 28.5 Å². The summed E-state index contributed by atoms with van der Waals surface area (Å²) in [5.41, 5.74) is 3.83. The number of rotatable bonds is 6. The molecule has 1 aliphatic carbocycles. The van der Waals surface area contributed by atoms with Crippen LogP contribution in [-0.4, -0.2) is 27.4 Å². The largest absolute Gasteiger partial charge is 0.396 e. The highest BCUT2D eigenvalue weighted by Gasteiger charge is 2.25. The van der Waals surface area contributed by atoms with Gasteiger partial charge in [-0.1, -0.05) is 6.07 Å². The Morgan fingerprint density at radius 2 is 2.03 bits per heavy atom. The molecule has 0 bridgehead atoms. The molecule has 0 amide bonds. The van der Waals surface area contributed by atoms with Crippen LogP contribution in [0.25, 0.3) is 0 Å². The predicted octanol–water partition coefficient (Wildman–Crippen LogP) is 3.68. The Kier molecular flexibility index (Phi) is 5.97. The molecule has 2 aliphatic rings. The molecular formula is C22H22F3N3O3. The van der Waals surface area contributed by atoms with Crippen molar-refractivity contribution in [3.05, 3.63) is 74.2 Å². The SMILES string of the molecule is Cc1cc2c(cc1Nc1nc(=O)c(CCO)cn1CC1=CC(F)=C(F)C(F)C1)COC2. The first-order valence-corrected chi connectivity index (χ1v) is 9.92. The maximum atomic E-state index is 13.8. The number of hydrogen-bond donors (Lipinski definition) is 2. The lowest BCUT2D eigenvalue weighted by atomic mass is 10.0. The van der Waals surface area contributed by atoms with Gasteiger partial charge in [-0.2, -0.15) is 4.98 Å². The summed E-state index contributed by atoms with van der Waals surface area (Å²) in [5.74, 6) is -2.46. The molecule has 4 rings (SSSR count). The number of anilines is 2. The number of fused-ring (bicyclic) bond motifs is 1. The summed E-state index contributed by atoms with van der Waals surface area (Å²) in [6, 6.07) is 3.92. The third-order valence-electron chi connectivity index (χ3n) is 5.40. The van der Waals surface area contributed by atoms with Crippen LogP contribution in [0.3, 0.4) is 0 Å². The van der Waals surface area contributed by atoms with Gasteiger partial charge in [0.15, 0.2) is 17.8 Å². The number of nitrogens with zero attached hydrogens (tertiary/aromatic N) is 2. The minimum absolute atomic E-state index is 0.00224. The predicted molar refractivity (Wildman–Crippen MR) is 109 cm³/mol. The van der Waals surface area contributed by atoms with Gasteiger partial charge < -0.3 is 19.7 Å². The van der Waals surface area contributed by atoms with Gasteiger partial charge in [-0.25, -0.2) is 13.2 Å². The first kappa shape index (κ1) is 21.3. The maximum Gasteiger partial charge on any atom is 0.277 e. The van der Waals surface area contributed by atoms with E-state index in [0.29, 0.717) is 18.8 Å². The lowest BCUT2D eigenvalue weighted by Gasteiger charge is -2.20. The Labute approximate surface area is 176 Å². The first-order chi connectivity index (χ1) is 14.9. The number of hydrogen-bond acceptors (Lipinski definition) is 5. The molecular weight excluding hydrogens is 411 g/mol. The highest BCUT2D eigenvalue weighted by molar-refractivity contribution is 5.61. The highest BCUT2D eigenvalue weighted by Crippen LogP contribution is 2.31. The molecule has 1 atom stereocenters. The molecule has 9 heteroatoms. The van der Waals surface area contributed by atoms with Crippen molar-refractivity contribution in [1.82, 2.24) is 9.55 Å². The van der Waals surface area contributed by atoms with Crippen molar-refractivity contribution < 1.29 is 23.0 Å². The van der Waals surface area contributed by atoms with Crippen molar-refractivity contribution in [2.24, 2.45) is 0 Å². The molecule has 0 fully saturated rings.